The minimum absolute atomic E-state index is 0.0417. The van der Waals surface area contributed by atoms with Gasteiger partial charge in [-0.25, -0.2) is 0 Å². The van der Waals surface area contributed by atoms with Crippen LogP contribution in [0.4, 0.5) is 0 Å². The maximum Gasteiger partial charge on any atom is 0.239 e. The first-order chi connectivity index (χ1) is 11.2. The highest BCUT2D eigenvalue weighted by molar-refractivity contribution is 5.82. The summed E-state index contributed by atoms with van der Waals surface area (Å²) in [4.78, 5) is 21.4. The van der Waals surface area contributed by atoms with Crippen molar-refractivity contribution in [1.29, 1.82) is 0 Å². The molecule has 1 aromatic rings. The second-order valence-corrected chi connectivity index (χ2v) is 6.74. The van der Waals surface area contributed by atoms with Gasteiger partial charge in [0.15, 0.2) is 0 Å². The molecule has 2 saturated heterocycles. The first-order valence-corrected chi connectivity index (χ1v) is 8.65. The predicted molar refractivity (Wildman–Crippen MR) is 89.0 cm³/mol. The lowest BCUT2D eigenvalue weighted by molar-refractivity contribution is -0.136. The van der Waals surface area contributed by atoms with E-state index in [-0.39, 0.29) is 11.9 Å². The first kappa shape index (κ1) is 16.4. The minimum atomic E-state index is 0.0417. The van der Waals surface area contributed by atoms with Crippen molar-refractivity contribution in [3.8, 4) is 0 Å². The Labute approximate surface area is 138 Å². The second kappa shape index (κ2) is 7.41. The number of rotatable bonds is 4. The molecular weight excluding hydrogens is 290 g/mol. The Morgan fingerprint density at radius 2 is 2.17 bits per heavy atom. The Balaban J connectivity index is 1.65. The van der Waals surface area contributed by atoms with Gasteiger partial charge in [-0.1, -0.05) is 0 Å². The van der Waals surface area contributed by atoms with E-state index in [1.54, 1.807) is 6.20 Å². The maximum atomic E-state index is 12.9. The molecule has 5 heteroatoms. The number of carbonyl (C=O) groups is 1. The SMILES string of the molecule is Cc1ccncc1CN(C)C(=O)C1CCCN1C1CCOCC1. The number of nitrogens with zero attached hydrogens (tertiary/aromatic N) is 3. The average Bonchev–Trinajstić information content (AvgIpc) is 3.06. The summed E-state index contributed by atoms with van der Waals surface area (Å²) in [6.07, 6.45) is 7.86. The number of ether oxygens (including phenoxy) is 1. The van der Waals surface area contributed by atoms with E-state index in [0.717, 1.165) is 51.0 Å². The summed E-state index contributed by atoms with van der Waals surface area (Å²) in [5.74, 6) is 0.247. The minimum Gasteiger partial charge on any atom is -0.381 e. The average molecular weight is 317 g/mol. The highest BCUT2D eigenvalue weighted by Crippen LogP contribution is 2.26. The van der Waals surface area contributed by atoms with Crippen LogP contribution in [-0.2, 0) is 16.1 Å². The van der Waals surface area contributed by atoms with Crippen LogP contribution in [0, 0.1) is 6.92 Å². The molecule has 1 amide bonds. The van der Waals surface area contributed by atoms with Crippen LogP contribution < -0.4 is 0 Å². The summed E-state index contributed by atoms with van der Waals surface area (Å²) >= 11 is 0. The van der Waals surface area contributed by atoms with Gasteiger partial charge in [0.25, 0.3) is 0 Å². The largest absolute Gasteiger partial charge is 0.381 e. The van der Waals surface area contributed by atoms with E-state index in [2.05, 4.69) is 16.8 Å². The van der Waals surface area contributed by atoms with E-state index >= 15 is 0 Å². The summed E-state index contributed by atoms with van der Waals surface area (Å²) in [6, 6.07) is 2.55. The van der Waals surface area contributed by atoms with Gasteiger partial charge in [0.1, 0.15) is 0 Å². The van der Waals surface area contributed by atoms with Gasteiger partial charge in [0.05, 0.1) is 6.04 Å². The van der Waals surface area contributed by atoms with Crippen molar-refractivity contribution in [1.82, 2.24) is 14.8 Å². The number of carbonyl (C=O) groups excluding carboxylic acids is 1. The number of aromatic nitrogens is 1. The third-order valence-corrected chi connectivity index (χ3v) is 5.17. The molecule has 1 atom stereocenters. The summed E-state index contributed by atoms with van der Waals surface area (Å²) in [6.45, 7) is 5.40. The molecule has 3 rings (SSSR count). The number of likely N-dealkylation sites (tertiary alicyclic amines) is 1. The molecule has 3 heterocycles. The molecule has 0 spiro atoms. The van der Waals surface area contributed by atoms with Gasteiger partial charge in [-0.2, -0.15) is 0 Å². The fourth-order valence-corrected chi connectivity index (χ4v) is 3.76. The molecule has 2 fully saturated rings. The van der Waals surface area contributed by atoms with Crippen molar-refractivity contribution in [2.24, 2.45) is 0 Å². The Hall–Kier alpha value is -1.46. The molecule has 0 saturated carbocycles. The highest BCUT2D eigenvalue weighted by atomic mass is 16.5. The highest BCUT2D eigenvalue weighted by Gasteiger charge is 2.37. The van der Waals surface area contributed by atoms with Crippen LogP contribution in [0.1, 0.15) is 36.8 Å². The standard InChI is InChI=1S/C18H27N3O2/c1-14-5-8-19-12-15(14)13-20(2)18(22)17-4-3-9-21(17)16-6-10-23-11-7-16/h5,8,12,16-17H,3-4,6-7,9-11,13H2,1-2H3. The van der Waals surface area contributed by atoms with Crippen molar-refractivity contribution >= 4 is 5.91 Å². The Bertz CT molecular complexity index is 543. The fraction of sp³-hybridized carbons (Fsp3) is 0.667. The lowest BCUT2D eigenvalue weighted by Crippen LogP contribution is -2.49. The van der Waals surface area contributed by atoms with Gasteiger partial charge in [0.2, 0.25) is 5.91 Å². The van der Waals surface area contributed by atoms with Crippen molar-refractivity contribution in [3.05, 3.63) is 29.6 Å². The van der Waals surface area contributed by atoms with Crippen LogP contribution in [0.3, 0.4) is 0 Å². The van der Waals surface area contributed by atoms with Gasteiger partial charge in [-0.3, -0.25) is 14.7 Å². The molecule has 2 aliphatic heterocycles. The summed E-state index contributed by atoms with van der Waals surface area (Å²) in [5, 5.41) is 0. The van der Waals surface area contributed by atoms with Crippen molar-refractivity contribution < 1.29 is 9.53 Å². The molecule has 126 valence electrons. The van der Waals surface area contributed by atoms with Crippen LogP contribution in [0.25, 0.3) is 0 Å². The molecule has 0 bridgehead atoms. The number of pyridine rings is 1. The summed E-state index contributed by atoms with van der Waals surface area (Å²) in [7, 11) is 1.91. The van der Waals surface area contributed by atoms with Crippen LogP contribution in [-0.4, -0.2) is 59.6 Å². The maximum absolute atomic E-state index is 12.9. The van der Waals surface area contributed by atoms with Gasteiger partial charge >= 0.3 is 0 Å². The van der Waals surface area contributed by atoms with Crippen LogP contribution in [0.15, 0.2) is 18.5 Å². The second-order valence-electron chi connectivity index (χ2n) is 6.74. The zero-order valence-electron chi connectivity index (χ0n) is 14.2. The van der Waals surface area contributed by atoms with Crippen LogP contribution >= 0.6 is 0 Å². The molecule has 2 aliphatic rings. The van der Waals surface area contributed by atoms with E-state index in [9.17, 15) is 4.79 Å². The van der Waals surface area contributed by atoms with Crippen molar-refractivity contribution in [2.45, 2.75) is 51.2 Å². The van der Waals surface area contributed by atoms with Gasteiger partial charge in [-0.05, 0) is 56.3 Å². The lowest BCUT2D eigenvalue weighted by Gasteiger charge is -2.36. The van der Waals surface area contributed by atoms with Gasteiger partial charge in [-0.15, -0.1) is 0 Å². The quantitative estimate of drug-likeness (QED) is 0.852. The zero-order chi connectivity index (χ0) is 16.2. The van der Waals surface area contributed by atoms with E-state index < -0.39 is 0 Å². The number of amides is 1. The molecule has 1 aromatic heterocycles. The van der Waals surface area contributed by atoms with E-state index in [4.69, 9.17) is 4.74 Å². The smallest absolute Gasteiger partial charge is 0.239 e. The predicted octanol–water partition coefficient (Wildman–Crippen LogP) is 1.99. The van der Waals surface area contributed by atoms with Crippen molar-refractivity contribution in [2.75, 3.05) is 26.8 Å². The van der Waals surface area contributed by atoms with Crippen molar-refractivity contribution in [3.63, 3.8) is 0 Å². The van der Waals surface area contributed by atoms with E-state index in [1.165, 1.54) is 5.56 Å². The molecule has 0 N–H and O–H groups in total. The third kappa shape index (κ3) is 3.72. The summed E-state index contributed by atoms with van der Waals surface area (Å²) in [5.41, 5.74) is 2.31. The molecular formula is C18H27N3O2. The third-order valence-electron chi connectivity index (χ3n) is 5.17. The topological polar surface area (TPSA) is 45.7 Å². The number of likely N-dealkylation sites (N-methyl/N-ethyl adjacent to an activating group) is 1. The number of hydrogen-bond donors (Lipinski definition) is 0. The molecule has 23 heavy (non-hydrogen) atoms. The lowest BCUT2D eigenvalue weighted by atomic mass is 10.0. The van der Waals surface area contributed by atoms with E-state index in [0.29, 0.717) is 12.6 Å². The molecule has 5 nitrogen and oxygen atoms in total. The number of aryl methyl sites for hydroxylation is 1. The first-order valence-electron chi connectivity index (χ1n) is 8.65. The van der Waals surface area contributed by atoms with Gasteiger partial charge in [0, 0.05) is 45.2 Å². The molecule has 0 aromatic carbocycles. The summed E-state index contributed by atoms with van der Waals surface area (Å²) < 4.78 is 5.47. The van der Waals surface area contributed by atoms with Crippen LogP contribution in [0.2, 0.25) is 0 Å². The fourth-order valence-electron chi connectivity index (χ4n) is 3.76. The normalized spacial score (nSPS) is 23.1. The zero-order valence-corrected chi connectivity index (χ0v) is 14.2. The number of hydrogen-bond acceptors (Lipinski definition) is 4. The molecule has 0 radical (unpaired) electrons. The van der Waals surface area contributed by atoms with Crippen LogP contribution in [0.5, 0.6) is 0 Å². The Morgan fingerprint density at radius 1 is 1.39 bits per heavy atom. The Morgan fingerprint density at radius 3 is 2.91 bits per heavy atom. The Kier molecular flexibility index (Phi) is 5.28. The van der Waals surface area contributed by atoms with Gasteiger partial charge < -0.3 is 9.64 Å². The molecule has 1 unspecified atom stereocenters. The van der Waals surface area contributed by atoms with E-state index in [1.807, 2.05) is 24.2 Å². The monoisotopic (exact) mass is 317 g/mol. The molecule has 0 aliphatic carbocycles.